The minimum atomic E-state index is -0.503. The highest BCUT2D eigenvalue weighted by atomic mass is 35.5. The third kappa shape index (κ3) is 3.57. The highest BCUT2D eigenvalue weighted by Crippen LogP contribution is 2.23. The van der Waals surface area contributed by atoms with E-state index in [1.807, 2.05) is 0 Å². The van der Waals surface area contributed by atoms with Gasteiger partial charge in [0.1, 0.15) is 18.1 Å². The average molecular weight is 332 g/mol. The van der Waals surface area contributed by atoms with E-state index >= 15 is 0 Å². The predicted molar refractivity (Wildman–Crippen MR) is 82.5 cm³/mol. The van der Waals surface area contributed by atoms with Gasteiger partial charge in [0.25, 0.3) is 0 Å². The van der Waals surface area contributed by atoms with Gasteiger partial charge in [0, 0.05) is 11.1 Å². The van der Waals surface area contributed by atoms with Crippen molar-refractivity contribution in [1.82, 2.24) is 5.16 Å². The highest BCUT2D eigenvalue weighted by molar-refractivity contribution is 6.30. The van der Waals surface area contributed by atoms with Crippen LogP contribution < -0.4 is 0 Å². The van der Waals surface area contributed by atoms with E-state index < -0.39 is 11.8 Å². The van der Waals surface area contributed by atoms with Gasteiger partial charge in [-0.05, 0) is 36.4 Å². The van der Waals surface area contributed by atoms with Crippen molar-refractivity contribution < 1.29 is 18.4 Å². The lowest BCUT2D eigenvalue weighted by Gasteiger charge is -2.02. The molecule has 23 heavy (non-hydrogen) atoms. The van der Waals surface area contributed by atoms with Crippen LogP contribution in [0.3, 0.4) is 0 Å². The molecule has 0 N–H and O–H groups in total. The second-order valence-electron chi connectivity index (χ2n) is 4.75. The molecule has 1 aromatic heterocycles. The number of halogens is 2. The number of rotatable bonds is 4. The quantitative estimate of drug-likeness (QED) is 0.661. The fourth-order valence-electron chi connectivity index (χ4n) is 1.98. The van der Waals surface area contributed by atoms with E-state index in [4.69, 9.17) is 20.9 Å². The van der Waals surface area contributed by atoms with Gasteiger partial charge in [-0.25, -0.2) is 9.18 Å². The van der Waals surface area contributed by atoms with Crippen molar-refractivity contribution in [3.8, 4) is 11.3 Å². The first-order valence-electron chi connectivity index (χ1n) is 6.76. The predicted octanol–water partition coefficient (Wildman–Crippen LogP) is 4.49. The van der Waals surface area contributed by atoms with E-state index in [2.05, 4.69) is 5.16 Å². The summed E-state index contributed by atoms with van der Waals surface area (Å²) in [6.07, 6.45) is 0. The summed E-state index contributed by atoms with van der Waals surface area (Å²) in [5, 5.41) is 4.31. The maximum atomic E-state index is 13.7. The van der Waals surface area contributed by atoms with Gasteiger partial charge < -0.3 is 9.26 Å². The second-order valence-corrected chi connectivity index (χ2v) is 5.18. The Morgan fingerprint density at radius 3 is 2.65 bits per heavy atom. The van der Waals surface area contributed by atoms with Crippen LogP contribution in [0.1, 0.15) is 16.1 Å². The molecule has 1 heterocycles. The maximum absolute atomic E-state index is 13.7. The van der Waals surface area contributed by atoms with Crippen LogP contribution in [-0.4, -0.2) is 11.1 Å². The van der Waals surface area contributed by atoms with Crippen LogP contribution in [0.15, 0.2) is 59.1 Å². The lowest BCUT2D eigenvalue weighted by Crippen LogP contribution is -2.05. The number of hydrogen-bond acceptors (Lipinski definition) is 4. The fraction of sp³-hybridized carbons (Fsp3) is 0.0588. The molecule has 0 aliphatic rings. The number of ether oxygens (including phenoxy) is 1. The summed E-state index contributed by atoms with van der Waals surface area (Å²) < 4.78 is 23.9. The van der Waals surface area contributed by atoms with Crippen molar-refractivity contribution in [3.05, 3.63) is 76.7 Å². The first-order chi connectivity index (χ1) is 11.1. The number of esters is 1. The van der Waals surface area contributed by atoms with E-state index in [-0.39, 0.29) is 12.4 Å². The van der Waals surface area contributed by atoms with Crippen molar-refractivity contribution in [2.45, 2.75) is 6.61 Å². The molecule has 0 unspecified atom stereocenters. The summed E-state index contributed by atoms with van der Waals surface area (Å²) >= 11 is 5.76. The zero-order chi connectivity index (χ0) is 16.2. The summed E-state index contributed by atoms with van der Waals surface area (Å²) in [6.45, 7) is -0.0700. The Bertz CT molecular complexity index is 830. The molecule has 2 aromatic carbocycles. The number of hydrogen-bond donors (Lipinski definition) is 0. The van der Waals surface area contributed by atoms with Crippen molar-refractivity contribution in [1.29, 1.82) is 0 Å². The summed E-state index contributed by atoms with van der Waals surface area (Å²) in [5.41, 5.74) is 1.08. The number of benzene rings is 2. The first kappa shape index (κ1) is 15.2. The smallest absolute Gasteiger partial charge is 0.338 e. The summed E-state index contributed by atoms with van der Waals surface area (Å²) in [6, 6.07) is 14.1. The van der Waals surface area contributed by atoms with Gasteiger partial charge in [0.05, 0.1) is 11.1 Å². The Balaban J connectivity index is 1.67. The zero-order valence-corrected chi connectivity index (χ0v) is 12.6. The molecule has 3 aromatic rings. The van der Waals surface area contributed by atoms with Crippen molar-refractivity contribution in [3.63, 3.8) is 0 Å². The molecule has 0 saturated heterocycles. The van der Waals surface area contributed by atoms with Crippen molar-refractivity contribution in [2.24, 2.45) is 0 Å². The van der Waals surface area contributed by atoms with Crippen LogP contribution in [-0.2, 0) is 11.3 Å². The molecule has 0 atom stereocenters. The Kier molecular flexibility index (Phi) is 4.39. The van der Waals surface area contributed by atoms with Gasteiger partial charge in [-0.15, -0.1) is 0 Å². The summed E-state index contributed by atoms with van der Waals surface area (Å²) in [5.74, 6) is -0.633. The van der Waals surface area contributed by atoms with Gasteiger partial charge in [-0.3, -0.25) is 0 Å². The van der Waals surface area contributed by atoms with Crippen molar-refractivity contribution in [2.75, 3.05) is 0 Å². The molecule has 4 nitrogen and oxygen atoms in total. The highest BCUT2D eigenvalue weighted by Gasteiger charge is 2.13. The first-order valence-corrected chi connectivity index (χ1v) is 7.14. The van der Waals surface area contributed by atoms with Gasteiger partial charge in [-0.1, -0.05) is 28.9 Å². The lowest BCUT2D eigenvalue weighted by atomic mass is 10.1. The molecule has 0 amide bonds. The molecule has 0 spiro atoms. The Morgan fingerprint density at radius 1 is 1.17 bits per heavy atom. The standard InChI is InChI=1S/C17H11ClFNO3/c18-12-7-5-11(6-8-12)17(21)22-10-13-9-16(23-20-13)14-3-1-2-4-15(14)19/h1-9H,10H2. The summed E-state index contributed by atoms with van der Waals surface area (Å²) in [7, 11) is 0. The summed E-state index contributed by atoms with van der Waals surface area (Å²) in [4.78, 5) is 11.9. The molecule has 0 radical (unpaired) electrons. The Morgan fingerprint density at radius 2 is 1.91 bits per heavy atom. The third-order valence-electron chi connectivity index (χ3n) is 3.13. The zero-order valence-electron chi connectivity index (χ0n) is 11.8. The van der Waals surface area contributed by atoms with Crippen LogP contribution in [0.4, 0.5) is 4.39 Å². The van der Waals surface area contributed by atoms with Gasteiger partial charge in [0.2, 0.25) is 0 Å². The number of carbonyl (C=O) groups excluding carboxylic acids is 1. The lowest BCUT2D eigenvalue weighted by molar-refractivity contribution is 0.0464. The van der Waals surface area contributed by atoms with Gasteiger partial charge >= 0.3 is 5.97 Å². The average Bonchev–Trinajstić information content (AvgIpc) is 3.02. The minimum absolute atomic E-state index is 0.0700. The minimum Gasteiger partial charge on any atom is -0.455 e. The molecular formula is C17H11ClFNO3. The molecule has 0 fully saturated rings. The van der Waals surface area contributed by atoms with Gasteiger partial charge in [0.15, 0.2) is 5.76 Å². The van der Waals surface area contributed by atoms with E-state index in [1.54, 1.807) is 42.5 Å². The second kappa shape index (κ2) is 6.62. The monoisotopic (exact) mass is 331 g/mol. The molecule has 0 aliphatic heterocycles. The molecule has 6 heteroatoms. The number of nitrogens with zero attached hydrogens (tertiary/aromatic N) is 1. The largest absolute Gasteiger partial charge is 0.455 e. The topological polar surface area (TPSA) is 52.3 Å². The maximum Gasteiger partial charge on any atom is 0.338 e. The third-order valence-corrected chi connectivity index (χ3v) is 3.38. The number of carbonyl (C=O) groups is 1. The Labute approximate surface area is 136 Å². The van der Waals surface area contributed by atoms with E-state index in [9.17, 15) is 9.18 Å². The van der Waals surface area contributed by atoms with Crippen LogP contribution in [0.5, 0.6) is 0 Å². The van der Waals surface area contributed by atoms with Gasteiger partial charge in [-0.2, -0.15) is 0 Å². The molecular weight excluding hydrogens is 321 g/mol. The molecule has 0 aliphatic carbocycles. The Hall–Kier alpha value is -2.66. The van der Waals surface area contributed by atoms with Crippen molar-refractivity contribution >= 4 is 17.6 Å². The normalized spacial score (nSPS) is 10.5. The molecule has 116 valence electrons. The molecule has 0 bridgehead atoms. The van der Waals surface area contributed by atoms with Crippen LogP contribution >= 0.6 is 11.6 Å². The fourth-order valence-corrected chi connectivity index (χ4v) is 2.10. The van der Waals surface area contributed by atoms with E-state index in [0.29, 0.717) is 21.8 Å². The molecule has 3 rings (SSSR count). The van der Waals surface area contributed by atoms with Crippen LogP contribution in [0.25, 0.3) is 11.3 Å². The SMILES string of the molecule is O=C(OCc1cc(-c2ccccc2F)on1)c1ccc(Cl)cc1. The van der Waals surface area contributed by atoms with E-state index in [0.717, 1.165) is 0 Å². The number of aromatic nitrogens is 1. The molecule has 0 saturated carbocycles. The van der Waals surface area contributed by atoms with E-state index in [1.165, 1.54) is 12.1 Å². The van der Waals surface area contributed by atoms with Crippen LogP contribution in [0, 0.1) is 5.82 Å². The van der Waals surface area contributed by atoms with Crippen LogP contribution in [0.2, 0.25) is 5.02 Å².